The van der Waals surface area contributed by atoms with Crippen LogP contribution in [0.3, 0.4) is 0 Å². The molecule has 0 unspecified atom stereocenters. The van der Waals surface area contributed by atoms with Crippen molar-refractivity contribution in [2.24, 2.45) is 0 Å². The molecule has 2 heterocycles. The van der Waals surface area contributed by atoms with E-state index < -0.39 is 0 Å². The van der Waals surface area contributed by atoms with Gasteiger partial charge in [-0.1, -0.05) is 11.3 Å². The Kier molecular flexibility index (Phi) is 4.60. The average molecular weight is 392 g/mol. The number of nitrogens with zero attached hydrogens (tertiary/aromatic N) is 3. The Morgan fingerprint density at radius 3 is 2.50 bits per heavy atom. The number of nitrogens with one attached hydrogen (secondary N) is 1. The molecule has 0 radical (unpaired) electrons. The minimum absolute atomic E-state index is 0.211. The highest BCUT2D eigenvalue weighted by molar-refractivity contribution is 7.20. The number of carbonyl (C=O) groups is 1. The zero-order valence-electron chi connectivity index (χ0n) is 16.1. The van der Waals surface area contributed by atoms with E-state index in [2.05, 4.69) is 36.4 Å². The van der Waals surface area contributed by atoms with Gasteiger partial charge in [0.05, 0.1) is 23.0 Å². The van der Waals surface area contributed by atoms with E-state index in [4.69, 9.17) is 9.72 Å². The summed E-state index contributed by atoms with van der Waals surface area (Å²) in [5.74, 6) is 1.08. The van der Waals surface area contributed by atoms with Gasteiger partial charge in [0.15, 0.2) is 0 Å². The molecule has 142 valence electrons. The van der Waals surface area contributed by atoms with Crippen LogP contribution in [0.5, 0.6) is 5.75 Å². The number of aryl methyl sites for hydroxylation is 3. The topological polar surface area (TPSA) is 69.0 Å². The maximum atomic E-state index is 12.7. The molecular weight excluding hydrogens is 372 g/mol. The lowest BCUT2D eigenvalue weighted by atomic mass is 10.1. The summed E-state index contributed by atoms with van der Waals surface area (Å²) in [7, 11) is 1.59. The molecule has 0 spiro atoms. The number of ether oxygens (including phenoxy) is 1. The molecule has 1 amide bonds. The number of amides is 1. The largest absolute Gasteiger partial charge is 0.497 e. The first-order valence-electron chi connectivity index (χ1n) is 8.85. The third kappa shape index (κ3) is 3.36. The van der Waals surface area contributed by atoms with Crippen LogP contribution in [0.1, 0.15) is 27.2 Å². The number of fused-ring (bicyclic) bond motifs is 1. The summed E-state index contributed by atoms with van der Waals surface area (Å²) in [6, 6.07) is 13.0. The van der Waals surface area contributed by atoms with E-state index in [1.807, 2.05) is 13.0 Å². The number of benzene rings is 2. The minimum atomic E-state index is -0.211. The van der Waals surface area contributed by atoms with Crippen LogP contribution < -0.4 is 10.1 Å². The van der Waals surface area contributed by atoms with E-state index in [9.17, 15) is 4.79 Å². The molecule has 0 fully saturated rings. The first kappa shape index (κ1) is 18.2. The molecule has 0 bridgehead atoms. The molecule has 4 aromatic rings. The average Bonchev–Trinajstić information content (AvgIpc) is 3.24. The summed E-state index contributed by atoms with van der Waals surface area (Å²) < 4.78 is 7.92. The summed E-state index contributed by atoms with van der Waals surface area (Å²) in [5, 5.41) is 8.18. The lowest BCUT2D eigenvalue weighted by molar-refractivity contribution is 0.102. The number of rotatable bonds is 4. The normalized spacial score (nSPS) is 11.0. The Bertz CT molecular complexity index is 1140. The molecule has 0 saturated heterocycles. The van der Waals surface area contributed by atoms with Crippen molar-refractivity contribution in [1.82, 2.24) is 14.8 Å². The molecule has 0 atom stereocenters. The van der Waals surface area contributed by atoms with Gasteiger partial charge in [0.1, 0.15) is 11.6 Å². The second-order valence-electron chi connectivity index (χ2n) is 6.67. The smallest absolute Gasteiger partial charge is 0.256 e. The SMILES string of the molecule is COc1ccc(C(=O)Nc2cc(C)nn2-c2nc3cc(C)c(C)cc3s2)cc1. The highest BCUT2D eigenvalue weighted by atomic mass is 32.1. The van der Waals surface area contributed by atoms with Gasteiger partial charge in [-0.25, -0.2) is 4.98 Å². The molecule has 0 saturated carbocycles. The van der Waals surface area contributed by atoms with Crippen molar-refractivity contribution >= 4 is 33.3 Å². The highest BCUT2D eigenvalue weighted by Crippen LogP contribution is 2.29. The zero-order valence-corrected chi connectivity index (χ0v) is 16.9. The molecule has 0 aliphatic heterocycles. The van der Waals surface area contributed by atoms with Gasteiger partial charge in [-0.3, -0.25) is 4.79 Å². The van der Waals surface area contributed by atoms with Crippen molar-refractivity contribution in [3.8, 4) is 10.9 Å². The fourth-order valence-electron chi connectivity index (χ4n) is 2.92. The number of carbonyl (C=O) groups excluding carboxylic acids is 1. The molecule has 28 heavy (non-hydrogen) atoms. The lowest BCUT2D eigenvalue weighted by Gasteiger charge is -2.07. The van der Waals surface area contributed by atoms with Crippen LogP contribution in [-0.4, -0.2) is 27.8 Å². The second kappa shape index (κ2) is 7.09. The Hall–Kier alpha value is -3.19. The Labute approximate surface area is 166 Å². The predicted octanol–water partition coefficient (Wildman–Crippen LogP) is 4.67. The third-order valence-corrected chi connectivity index (χ3v) is 5.59. The maximum absolute atomic E-state index is 12.7. The molecule has 1 N–H and O–H groups in total. The van der Waals surface area contributed by atoms with Crippen LogP contribution in [0.25, 0.3) is 15.3 Å². The van der Waals surface area contributed by atoms with Gasteiger partial charge in [0, 0.05) is 11.6 Å². The van der Waals surface area contributed by atoms with Gasteiger partial charge < -0.3 is 10.1 Å². The van der Waals surface area contributed by atoms with Crippen molar-refractivity contribution < 1.29 is 9.53 Å². The van der Waals surface area contributed by atoms with Crippen LogP contribution >= 0.6 is 11.3 Å². The van der Waals surface area contributed by atoms with Crippen LogP contribution in [-0.2, 0) is 0 Å². The van der Waals surface area contributed by atoms with Gasteiger partial charge in [-0.2, -0.15) is 9.78 Å². The third-order valence-electron chi connectivity index (χ3n) is 4.60. The van der Waals surface area contributed by atoms with E-state index in [1.165, 1.54) is 11.1 Å². The van der Waals surface area contributed by atoms with Gasteiger partial charge in [-0.15, -0.1) is 0 Å². The molecule has 0 aliphatic rings. The summed E-state index contributed by atoms with van der Waals surface area (Å²) in [4.78, 5) is 17.4. The summed E-state index contributed by atoms with van der Waals surface area (Å²) in [6.07, 6.45) is 0. The molecule has 2 aromatic heterocycles. The number of thiazole rings is 1. The summed E-state index contributed by atoms with van der Waals surface area (Å²) in [5.41, 5.74) is 4.71. The zero-order chi connectivity index (χ0) is 19.8. The Balaban J connectivity index is 1.67. The number of hydrogen-bond donors (Lipinski definition) is 1. The van der Waals surface area contributed by atoms with Gasteiger partial charge in [0.2, 0.25) is 5.13 Å². The summed E-state index contributed by atoms with van der Waals surface area (Å²) in [6.45, 7) is 6.06. The number of anilines is 1. The van der Waals surface area contributed by atoms with Gasteiger partial charge in [0.25, 0.3) is 5.91 Å². The van der Waals surface area contributed by atoms with E-state index in [0.717, 1.165) is 21.0 Å². The monoisotopic (exact) mass is 392 g/mol. The molecule has 4 rings (SSSR count). The lowest BCUT2D eigenvalue weighted by Crippen LogP contribution is -2.15. The Morgan fingerprint density at radius 2 is 1.79 bits per heavy atom. The second-order valence-corrected chi connectivity index (χ2v) is 7.68. The van der Waals surface area contributed by atoms with Crippen molar-refractivity contribution in [2.75, 3.05) is 12.4 Å². The van der Waals surface area contributed by atoms with E-state index in [-0.39, 0.29) is 5.91 Å². The molecule has 2 aromatic carbocycles. The standard InChI is InChI=1S/C21H20N4O2S/c1-12-9-17-18(10-13(12)2)28-21(22-17)25-19(11-14(3)24-25)23-20(26)15-5-7-16(27-4)8-6-15/h5-11H,1-4H3,(H,23,26). The number of hydrogen-bond acceptors (Lipinski definition) is 5. The molecular formula is C21H20N4O2S. The molecule has 6 nitrogen and oxygen atoms in total. The van der Waals surface area contributed by atoms with E-state index in [1.54, 1.807) is 47.4 Å². The van der Waals surface area contributed by atoms with Crippen molar-refractivity contribution in [1.29, 1.82) is 0 Å². The van der Waals surface area contributed by atoms with Crippen LogP contribution in [0.15, 0.2) is 42.5 Å². The van der Waals surface area contributed by atoms with Gasteiger partial charge >= 0.3 is 0 Å². The van der Waals surface area contributed by atoms with Crippen LogP contribution in [0.2, 0.25) is 0 Å². The predicted molar refractivity (Wildman–Crippen MR) is 112 cm³/mol. The first-order chi connectivity index (χ1) is 13.4. The molecule has 0 aliphatic carbocycles. The fraction of sp³-hybridized carbons (Fsp3) is 0.190. The summed E-state index contributed by atoms with van der Waals surface area (Å²) >= 11 is 1.55. The van der Waals surface area contributed by atoms with Crippen molar-refractivity contribution in [2.45, 2.75) is 20.8 Å². The van der Waals surface area contributed by atoms with E-state index >= 15 is 0 Å². The molecule has 7 heteroatoms. The fourth-order valence-corrected chi connectivity index (χ4v) is 3.93. The minimum Gasteiger partial charge on any atom is -0.497 e. The quantitative estimate of drug-likeness (QED) is 0.548. The Morgan fingerprint density at radius 1 is 1.07 bits per heavy atom. The number of methoxy groups -OCH3 is 1. The van der Waals surface area contributed by atoms with Crippen LogP contribution in [0.4, 0.5) is 5.82 Å². The maximum Gasteiger partial charge on any atom is 0.256 e. The van der Waals surface area contributed by atoms with Crippen LogP contribution in [0, 0.1) is 20.8 Å². The number of aromatic nitrogens is 3. The van der Waals surface area contributed by atoms with Crippen molar-refractivity contribution in [3.05, 3.63) is 64.8 Å². The van der Waals surface area contributed by atoms with Gasteiger partial charge in [-0.05, 0) is 68.3 Å². The first-order valence-corrected chi connectivity index (χ1v) is 9.66. The van der Waals surface area contributed by atoms with E-state index in [0.29, 0.717) is 17.1 Å². The highest BCUT2D eigenvalue weighted by Gasteiger charge is 2.16. The van der Waals surface area contributed by atoms with Crippen molar-refractivity contribution in [3.63, 3.8) is 0 Å².